The van der Waals surface area contributed by atoms with E-state index >= 15 is 0 Å². The summed E-state index contributed by atoms with van der Waals surface area (Å²) in [6.45, 7) is 2.11. The van der Waals surface area contributed by atoms with Crippen LogP contribution in [0.15, 0.2) is 18.2 Å². The molecule has 3 nitrogen and oxygen atoms in total. The first-order valence-corrected chi connectivity index (χ1v) is 6.86. The van der Waals surface area contributed by atoms with Crippen molar-refractivity contribution in [1.29, 1.82) is 0 Å². The Morgan fingerprint density at radius 2 is 2.16 bits per heavy atom. The summed E-state index contributed by atoms with van der Waals surface area (Å²) >= 11 is 5.83. The van der Waals surface area contributed by atoms with Gasteiger partial charge in [-0.05, 0) is 37.3 Å². The van der Waals surface area contributed by atoms with Gasteiger partial charge in [0.25, 0.3) is 5.91 Å². The number of amides is 1. The number of hydrogen-bond acceptors (Lipinski definition) is 2. The van der Waals surface area contributed by atoms with Crippen LogP contribution in [0.2, 0.25) is 5.02 Å². The van der Waals surface area contributed by atoms with Crippen molar-refractivity contribution in [3.05, 3.63) is 34.6 Å². The third kappa shape index (κ3) is 3.91. The van der Waals surface area contributed by atoms with Crippen LogP contribution < -0.4 is 5.32 Å². The molecule has 19 heavy (non-hydrogen) atoms. The van der Waals surface area contributed by atoms with Crippen molar-refractivity contribution in [3.8, 4) is 0 Å². The van der Waals surface area contributed by atoms with E-state index in [2.05, 4.69) is 5.32 Å². The lowest BCUT2D eigenvalue weighted by atomic mass is 9.97. The van der Waals surface area contributed by atoms with Crippen LogP contribution in [0, 0.1) is 11.7 Å². The number of hydrogen-bond donors (Lipinski definition) is 1. The maximum absolute atomic E-state index is 13.5. The average Bonchev–Trinajstić information content (AvgIpc) is 2.40. The third-order valence-corrected chi connectivity index (χ3v) is 3.68. The molecule has 1 aromatic rings. The minimum absolute atomic E-state index is 0.0730. The molecule has 0 aliphatic carbocycles. The van der Waals surface area contributed by atoms with Crippen LogP contribution in [0.5, 0.6) is 0 Å². The second-order valence-electron chi connectivity index (χ2n) is 4.70. The predicted octanol–water partition coefficient (Wildman–Crippen LogP) is 3.03. The first kappa shape index (κ1) is 14.3. The highest BCUT2D eigenvalue weighted by molar-refractivity contribution is 6.33. The number of benzene rings is 1. The van der Waals surface area contributed by atoms with Gasteiger partial charge in [0.15, 0.2) is 0 Å². The molecule has 1 aliphatic heterocycles. The van der Waals surface area contributed by atoms with Crippen molar-refractivity contribution >= 4 is 17.5 Å². The molecule has 0 radical (unpaired) electrons. The molecular weight excluding hydrogens is 269 g/mol. The van der Waals surface area contributed by atoms with Crippen LogP contribution in [0.1, 0.15) is 29.6 Å². The SMILES string of the molecule is O=C(NCCC1CCOCC1)c1c(F)cccc1Cl. The van der Waals surface area contributed by atoms with Gasteiger partial charge in [0.2, 0.25) is 0 Å². The van der Waals surface area contributed by atoms with Gasteiger partial charge in [-0.3, -0.25) is 4.79 Å². The van der Waals surface area contributed by atoms with Crippen LogP contribution in [-0.2, 0) is 4.74 Å². The highest BCUT2D eigenvalue weighted by Gasteiger charge is 2.17. The van der Waals surface area contributed by atoms with Gasteiger partial charge in [-0.15, -0.1) is 0 Å². The third-order valence-electron chi connectivity index (χ3n) is 3.37. The quantitative estimate of drug-likeness (QED) is 0.923. The van der Waals surface area contributed by atoms with Crippen molar-refractivity contribution in [3.63, 3.8) is 0 Å². The Hall–Kier alpha value is -1.13. The highest BCUT2D eigenvalue weighted by Crippen LogP contribution is 2.20. The van der Waals surface area contributed by atoms with Crippen molar-refractivity contribution in [2.75, 3.05) is 19.8 Å². The average molecular weight is 286 g/mol. The Bertz CT molecular complexity index is 427. The van der Waals surface area contributed by atoms with Gasteiger partial charge in [0.1, 0.15) is 5.82 Å². The van der Waals surface area contributed by atoms with Crippen molar-refractivity contribution in [2.45, 2.75) is 19.3 Å². The van der Waals surface area contributed by atoms with Gasteiger partial charge >= 0.3 is 0 Å². The van der Waals surface area contributed by atoms with E-state index in [4.69, 9.17) is 16.3 Å². The summed E-state index contributed by atoms with van der Waals surface area (Å²) in [5.41, 5.74) is -0.0730. The van der Waals surface area contributed by atoms with Gasteiger partial charge in [0.05, 0.1) is 10.6 Å². The molecule has 2 rings (SSSR count). The molecule has 1 fully saturated rings. The van der Waals surface area contributed by atoms with Crippen LogP contribution in [0.25, 0.3) is 0 Å². The lowest BCUT2D eigenvalue weighted by molar-refractivity contribution is 0.0636. The lowest BCUT2D eigenvalue weighted by Crippen LogP contribution is -2.28. The smallest absolute Gasteiger partial charge is 0.255 e. The number of rotatable bonds is 4. The Kier molecular flexibility index (Phi) is 5.16. The van der Waals surface area contributed by atoms with Crippen molar-refractivity contribution in [2.24, 2.45) is 5.92 Å². The van der Waals surface area contributed by atoms with E-state index in [1.807, 2.05) is 0 Å². The van der Waals surface area contributed by atoms with Gasteiger partial charge < -0.3 is 10.1 Å². The van der Waals surface area contributed by atoms with Gasteiger partial charge in [-0.25, -0.2) is 4.39 Å². The molecule has 0 atom stereocenters. The van der Waals surface area contributed by atoms with Crippen LogP contribution in [0.3, 0.4) is 0 Å². The Morgan fingerprint density at radius 3 is 2.84 bits per heavy atom. The standard InChI is InChI=1S/C14H17ClFNO2/c15-11-2-1-3-12(16)13(11)14(18)17-7-4-10-5-8-19-9-6-10/h1-3,10H,4-9H2,(H,17,18). The molecule has 0 unspecified atom stereocenters. The molecule has 1 aliphatic rings. The van der Waals surface area contributed by atoms with Crippen molar-refractivity contribution in [1.82, 2.24) is 5.32 Å². The number of carbonyl (C=O) groups is 1. The fourth-order valence-electron chi connectivity index (χ4n) is 2.23. The fraction of sp³-hybridized carbons (Fsp3) is 0.500. The van der Waals surface area contributed by atoms with E-state index in [9.17, 15) is 9.18 Å². The van der Waals surface area contributed by atoms with E-state index in [0.717, 1.165) is 32.5 Å². The van der Waals surface area contributed by atoms with E-state index in [0.29, 0.717) is 12.5 Å². The molecular formula is C14H17ClFNO2. The molecule has 0 aromatic heterocycles. The molecule has 1 saturated heterocycles. The van der Waals surface area contributed by atoms with Crippen LogP contribution >= 0.6 is 11.6 Å². The van der Waals surface area contributed by atoms with Crippen LogP contribution in [-0.4, -0.2) is 25.7 Å². The molecule has 104 valence electrons. The highest BCUT2D eigenvalue weighted by atomic mass is 35.5. The molecule has 1 amide bonds. The first-order chi connectivity index (χ1) is 9.18. The number of nitrogens with one attached hydrogen (secondary N) is 1. The summed E-state index contributed by atoms with van der Waals surface area (Å²) in [7, 11) is 0. The van der Waals surface area contributed by atoms with Crippen molar-refractivity contribution < 1.29 is 13.9 Å². The second kappa shape index (κ2) is 6.87. The molecule has 1 N–H and O–H groups in total. The summed E-state index contributed by atoms with van der Waals surface area (Å²) in [6, 6.07) is 4.23. The maximum atomic E-state index is 13.5. The monoisotopic (exact) mass is 285 g/mol. The second-order valence-corrected chi connectivity index (χ2v) is 5.10. The Labute approximate surface area is 117 Å². The fourth-order valence-corrected chi connectivity index (χ4v) is 2.48. The molecule has 0 bridgehead atoms. The van der Waals surface area contributed by atoms with Crippen LogP contribution in [0.4, 0.5) is 4.39 Å². The zero-order chi connectivity index (χ0) is 13.7. The van der Waals surface area contributed by atoms with E-state index < -0.39 is 11.7 Å². The molecule has 5 heteroatoms. The van der Waals surface area contributed by atoms with E-state index in [-0.39, 0.29) is 10.6 Å². The molecule has 1 aromatic carbocycles. The Balaban J connectivity index is 1.84. The lowest BCUT2D eigenvalue weighted by Gasteiger charge is -2.21. The predicted molar refractivity (Wildman–Crippen MR) is 71.9 cm³/mol. The normalized spacial score (nSPS) is 16.3. The molecule has 0 spiro atoms. The Morgan fingerprint density at radius 1 is 1.42 bits per heavy atom. The number of halogens is 2. The summed E-state index contributed by atoms with van der Waals surface area (Å²) in [6.07, 6.45) is 2.94. The minimum atomic E-state index is -0.587. The van der Waals surface area contributed by atoms with Gasteiger partial charge in [-0.1, -0.05) is 17.7 Å². The minimum Gasteiger partial charge on any atom is -0.381 e. The van der Waals surface area contributed by atoms with E-state index in [1.54, 1.807) is 0 Å². The zero-order valence-electron chi connectivity index (χ0n) is 10.6. The van der Waals surface area contributed by atoms with Gasteiger partial charge in [-0.2, -0.15) is 0 Å². The zero-order valence-corrected chi connectivity index (χ0v) is 11.4. The molecule has 1 heterocycles. The van der Waals surface area contributed by atoms with Gasteiger partial charge in [0, 0.05) is 19.8 Å². The maximum Gasteiger partial charge on any atom is 0.255 e. The first-order valence-electron chi connectivity index (χ1n) is 6.48. The molecule has 0 saturated carbocycles. The topological polar surface area (TPSA) is 38.3 Å². The summed E-state index contributed by atoms with van der Waals surface area (Å²) < 4.78 is 18.8. The number of carbonyl (C=O) groups excluding carboxylic acids is 1. The van der Waals surface area contributed by atoms with E-state index in [1.165, 1.54) is 18.2 Å². The largest absolute Gasteiger partial charge is 0.381 e. The summed E-state index contributed by atoms with van der Waals surface area (Å²) in [4.78, 5) is 11.9. The summed E-state index contributed by atoms with van der Waals surface area (Å²) in [5.74, 6) is -0.462. The summed E-state index contributed by atoms with van der Waals surface area (Å²) in [5, 5.41) is 2.87. The number of ether oxygens (including phenoxy) is 1.